The van der Waals surface area contributed by atoms with E-state index in [1.54, 1.807) is 0 Å². The Balaban J connectivity index is 1.74. The molecule has 0 aliphatic carbocycles. The highest BCUT2D eigenvalue weighted by Crippen LogP contribution is 2.16. The first-order valence-electron chi connectivity index (χ1n) is 6.36. The molecular formula is C14H21N3. The van der Waals surface area contributed by atoms with Crippen LogP contribution in [0.3, 0.4) is 0 Å². The van der Waals surface area contributed by atoms with E-state index in [4.69, 9.17) is 11.1 Å². The number of likely N-dealkylation sites (tertiary alicyclic amines) is 1. The lowest BCUT2D eigenvalue weighted by atomic mass is 9.95. The molecule has 17 heavy (non-hydrogen) atoms. The first-order chi connectivity index (χ1) is 8.25. The Kier molecular flexibility index (Phi) is 4.15. The van der Waals surface area contributed by atoms with Gasteiger partial charge in [-0.05, 0) is 37.9 Å². The Morgan fingerprint density at radius 3 is 2.47 bits per heavy atom. The van der Waals surface area contributed by atoms with Crippen LogP contribution in [0.5, 0.6) is 0 Å². The minimum Gasteiger partial charge on any atom is -0.387 e. The minimum absolute atomic E-state index is 0.322. The quantitative estimate of drug-likeness (QED) is 0.614. The van der Waals surface area contributed by atoms with Crippen molar-refractivity contribution in [2.45, 2.75) is 19.3 Å². The second-order valence-electron chi connectivity index (χ2n) is 4.81. The van der Waals surface area contributed by atoms with Crippen LogP contribution in [0.25, 0.3) is 0 Å². The third kappa shape index (κ3) is 3.56. The third-order valence-corrected chi connectivity index (χ3v) is 3.59. The molecule has 0 unspecified atom stereocenters. The lowest BCUT2D eigenvalue weighted by Gasteiger charge is -2.31. The summed E-state index contributed by atoms with van der Waals surface area (Å²) in [7, 11) is 0. The van der Waals surface area contributed by atoms with Crippen molar-refractivity contribution in [3.05, 3.63) is 35.9 Å². The number of hydrogen-bond acceptors (Lipinski definition) is 2. The maximum Gasteiger partial charge on any atom is 0.0937 e. The van der Waals surface area contributed by atoms with E-state index in [2.05, 4.69) is 35.2 Å². The summed E-state index contributed by atoms with van der Waals surface area (Å²) in [5.41, 5.74) is 6.95. The second-order valence-corrected chi connectivity index (χ2v) is 4.81. The summed E-state index contributed by atoms with van der Waals surface area (Å²) in [6, 6.07) is 10.6. The molecule has 0 aromatic heterocycles. The zero-order valence-corrected chi connectivity index (χ0v) is 10.2. The largest absolute Gasteiger partial charge is 0.387 e. The molecular weight excluding hydrogens is 210 g/mol. The van der Waals surface area contributed by atoms with Crippen LogP contribution in [-0.2, 0) is 6.42 Å². The van der Waals surface area contributed by atoms with E-state index < -0.39 is 0 Å². The molecule has 2 rings (SSSR count). The lowest BCUT2D eigenvalue weighted by molar-refractivity contribution is 0.211. The fourth-order valence-corrected chi connectivity index (χ4v) is 2.40. The summed E-state index contributed by atoms with van der Waals surface area (Å²) in [6.45, 7) is 3.28. The third-order valence-electron chi connectivity index (χ3n) is 3.59. The molecule has 92 valence electrons. The smallest absolute Gasteiger partial charge is 0.0937 e. The van der Waals surface area contributed by atoms with Crippen molar-refractivity contribution in [2.75, 3.05) is 19.6 Å². The Morgan fingerprint density at radius 1 is 1.24 bits per heavy atom. The maximum atomic E-state index is 7.45. The monoisotopic (exact) mass is 231 g/mol. The van der Waals surface area contributed by atoms with E-state index in [1.807, 2.05) is 0 Å². The highest BCUT2D eigenvalue weighted by atomic mass is 15.1. The highest BCUT2D eigenvalue weighted by Gasteiger charge is 2.20. The molecule has 0 spiro atoms. The zero-order chi connectivity index (χ0) is 12.1. The van der Waals surface area contributed by atoms with Crippen molar-refractivity contribution in [1.29, 1.82) is 5.41 Å². The SMILES string of the molecule is N=C(N)C1CCN(CCc2ccccc2)CC1. The van der Waals surface area contributed by atoms with Gasteiger partial charge in [-0.25, -0.2) is 0 Å². The van der Waals surface area contributed by atoms with Gasteiger partial charge in [0.15, 0.2) is 0 Å². The van der Waals surface area contributed by atoms with Gasteiger partial charge in [-0.1, -0.05) is 30.3 Å². The summed E-state index contributed by atoms with van der Waals surface area (Å²) in [5.74, 6) is 0.690. The number of benzene rings is 1. The molecule has 0 amide bonds. The minimum atomic E-state index is 0.322. The van der Waals surface area contributed by atoms with E-state index >= 15 is 0 Å². The molecule has 0 saturated carbocycles. The van der Waals surface area contributed by atoms with E-state index in [0.29, 0.717) is 11.8 Å². The summed E-state index contributed by atoms with van der Waals surface area (Å²) < 4.78 is 0. The summed E-state index contributed by atoms with van der Waals surface area (Å²) >= 11 is 0. The van der Waals surface area contributed by atoms with Gasteiger partial charge in [0.05, 0.1) is 5.84 Å². The maximum absolute atomic E-state index is 7.45. The van der Waals surface area contributed by atoms with Crippen LogP contribution in [0.2, 0.25) is 0 Å². The molecule has 3 N–H and O–H groups in total. The fourth-order valence-electron chi connectivity index (χ4n) is 2.40. The van der Waals surface area contributed by atoms with Crippen LogP contribution in [0, 0.1) is 11.3 Å². The van der Waals surface area contributed by atoms with Gasteiger partial charge < -0.3 is 10.6 Å². The standard InChI is InChI=1S/C14H21N3/c15-14(16)13-7-10-17(11-8-13)9-6-12-4-2-1-3-5-12/h1-5,13H,6-11H2,(H3,15,16). The summed E-state index contributed by atoms with van der Waals surface area (Å²) in [4.78, 5) is 2.48. The summed E-state index contributed by atoms with van der Waals surface area (Å²) in [6.07, 6.45) is 3.21. The Hall–Kier alpha value is -1.35. The van der Waals surface area contributed by atoms with E-state index in [1.165, 1.54) is 5.56 Å². The van der Waals surface area contributed by atoms with Gasteiger partial charge in [-0.3, -0.25) is 5.41 Å². The molecule has 0 bridgehead atoms. The Morgan fingerprint density at radius 2 is 1.88 bits per heavy atom. The van der Waals surface area contributed by atoms with Gasteiger partial charge in [-0.15, -0.1) is 0 Å². The predicted octanol–water partition coefficient (Wildman–Crippen LogP) is 1.88. The number of nitrogens with one attached hydrogen (secondary N) is 1. The fraction of sp³-hybridized carbons (Fsp3) is 0.500. The van der Waals surface area contributed by atoms with Gasteiger partial charge in [0.1, 0.15) is 0 Å². The van der Waals surface area contributed by atoms with Crippen molar-refractivity contribution in [3.63, 3.8) is 0 Å². The van der Waals surface area contributed by atoms with Crippen LogP contribution in [-0.4, -0.2) is 30.4 Å². The molecule has 1 aromatic rings. The van der Waals surface area contributed by atoms with Crippen LogP contribution >= 0.6 is 0 Å². The van der Waals surface area contributed by atoms with E-state index in [0.717, 1.165) is 38.9 Å². The van der Waals surface area contributed by atoms with Crippen LogP contribution in [0.4, 0.5) is 0 Å². The molecule has 0 atom stereocenters. The average Bonchev–Trinajstić information content (AvgIpc) is 2.38. The molecule has 1 saturated heterocycles. The molecule has 1 aliphatic rings. The molecule has 1 aliphatic heterocycles. The molecule has 0 radical (unpaired) electrons. The number of rotatable bonds is 4. The van der Waals surface area contributed by atoms with Gasteiger partial charge in [0.25, 0.3) is 0 Å². The molecule has 3 nitrogen and oxygen atoms in total. The molecule has 1 aromatic carbocycles. The normalized spacial score (nSPS) is 18.1. The number of amidine groups is 1. The number of piperidine rings is 1. The van der Waals surface area contributed by atoms with Crippen LogP contribution in [0.1, 0.15) is 18.4 Å². The summed E-state index contributed by atoms with van der Waals surface area (Å²) in [5, 5.41) is 7.45. The molecule has 1 fully saturated rings. The van der Waals surface area contributed by atoms with Crippen LogP contribution in [0.15, 0.2) is 30.3 Å². The van der Waals surface area contributed by atoms with E-state index in [9.17, 15) is 0 Å². The lowest BCUT2D eigenvalue weighted by Crippen LogP contribution is -2.39. The zero-order valence-electron chi connectivity index (χ0n) is 10.2. The number of hydrogen-bond donors (Lipinski definition) is 2. The van der Waals surface area contributed by atoms with Crippen molar-refractivity contribution in [2.24, 2.45) is 11.7 Å². The van der Waals surface area contributed by atoms with Crippen molar-refractivity contribution in [3.8, 4) is 0 Å². The topological polar surface area (TPSA) is 53.1 Å². The first-order valence-corrected chi connectivity index (χ1v) is 6.36. The number of nitrogens with zero attached hydrogens (tertiary/aromatic N) is 1. The van der Waals surface area contributed by atoms with Gasteiger partial charge >= 0.3 is 0 Å². The van der Waals surface area contributed by atoms with Gasteiger partial charge in [0, 0.05) is 12.5 Å². The highest BCUT2D eigenvalue weighted by molar-refractivity contribution is 5.79. The van der Waals surface area contributed by atoms with Crippen LogP contribution < -0.4 is 5.73 Å². The second kappa shape index (κ2) is 5.82. The average molecular weight is 231 g/mol. The number of nitrogens with two attached hydrogens (primary N) is 1. The first kappa shape index (κ1) is 12.1. The predicted molar refractivity (Wildman–Crippen MR) is 71.2 cm³/mol. The van der Waals surface area contributed by atoms with E-state index in [-0.39, 0.29) is 0 Å². The Labute approximate surface area is 103 Å². The van der Waals surface area contributed by atoms with Crippen molar-refractivity contribution < 1.29 is 0 Å². The molecule has 1 heterocycles. The van der Waals surface area contributed by atoms with Gasteiger partial charge in [0.2, 0.25) is 0 Å². The van der Waals surface area contributed by atoms with Crippen molar-refractivity contribution >= 4 is 5.84 Å². The Bertz CT molecular complexity index is 353. The molecule has 3 heteroatoms. The van der Waals surface area contributed by atoms with Gasteiger partial charge in [-0.2, -0.15) is 0 Å². The van der Waals surface area contributed by atoms with Crippen molar-refractivity contribution in [1.82, 2.24) is 4.90 Å².